The van der Waals surface area contributed by atoms with Gasteiger partial charge in [0, 0.05) is 24.6 Å². The summed E-state index contributed by atoms with van der Waals surface area (Å²) in [5.74, 6) is -0.138. The zero-order valence-electron chi connectivity index (χ0n) is 11.5. The maximum absolute atomic E-state index is 13.8. The third-order valence-corrected chi connectivity index (χ3v) is 4.25. The molecule has 2 nitrogen and oxygen atoms in total. The summed E-state index contributed by atoms with van der Waals surface area (Å²) in [6.07, 6.45) is 3.13. The van der Waals surface area contributed by atoms with Gasteiger partial charge in [-0.1, -0.05) is 30.4 Å². The van der Waals surface area contributed by atoms with Crippen LogP contribution in [0.25, 0.3) is 0 Å². The molecule has 0 amide bonds. The average Bonchev–Trinajstić information content (AvgIpc) is 3.07. The highest BCUT2D eigenvalue weighted by Gasteiger charge is 2.44. The summed E-state index contributed by atoms with van der Waals surface area (Å²) >= 11 is 5.02. The molecule has 0 spiro atoms. The molecule has 0 radical (unpaired) electrons. The van der Waals surface area contributed by atoms with Gasteiger partial charge in [0.25, 0.3) is 0 Å². The van der Waals surface area contributed by atoms with Gasteiger partial charge in [-0.2, -0.15) is 0 Å². The van der Waals surface area contributed by atoms with Gasteiger partial charge in [-0.15, -0.1) is 0 Å². The Morgan fingerprint density at radius 1 is 1.47 bits per heavy atom. The van der Waals surface area contributed by atoms with Crippen LogP contribution in [-0.2, 0) is 0 Å². The van der Waals surface area contributed by atoms with Crippen molar-refractivity contribution in [3.05, 3.63) is 35.6 Å². The molecule has 0 saturated heterocycles. The standard InChI is InChI=1S/C15H21FN2S/c1-11(12-5-3-4-6-13(12)16)18(2)10-15(7-8-15)9-14(17)19/h3-6,11H,7-10H2,1-2H3,(H2,17,19). The lowest BCUT2D eigenvalue weighted by Crippen LogP contribution is -2.32. The number of rotatable bonds is 6. The molecule has 1 saturated carbocycles. The Morgan fingerprint density at radius 3 is 2.63 bits per heavy atom. The Bertz CT molecular complexity index is 471. The third kappa shape index (κ3) is 3.51. The molecule has 2 N–H and O–H groups in total. The van der Waals surface area contributed by atoms with Crippen LogP contribution >= 0.6 is 12.2 Å². The van der Waals surface area contributed by atoms with E-state index in [-0.39, 0.29) is 17.3 Å². The minimum Gasteiger partial charge on any atom is -0.393 e. The minimum atomic E-state index is -0.138. The van der Waals surface area contributed by atoms with Gasteiger partial charge in [0.1, 0.15) is 5.82 Å². The molecule has 19 heavy (non-hydrogen) atoms. The molecule has 1 aliphatic carbocycles. The highest BCUT2D eigenvalue weighted by atomic mass is 32.1. The van der Waals surface area contributed by atoms with Crippen LogP contribution < -0.4 is 5.73 Å². The van der Waals surface area contributed by atoms with Gasteiger partial charge in [0.15, 0.2) is 0 Å². The summed E-state index contributed by atoms with van der Waals surface area (Å²) in [4.78, 5) is 2.79. The number of thiocarbonyl (C=S) groups is 1. The van der Waals surface area contributed by atoms with Crippen LogP contribution in [0.3, 0.4) is 0 Å². The largest absolute Gasteiger partial charge is 0.393 e. The van der Waals surface area contributed by atoms with E-state index in [0.29, 0.717) is 4.99 Å². The van der Waals surface area contributed by atoms with Crippen molar-refractivity contribution in [1.82, 2.24) is 4.90 Å². The average molecular weight is 280 g/mol. The Morgan fingerprint density at radius 2 is 2.11 bits per heavy atom. The lowest BCUT2D eigenvalue weighted by atomic mass is 9.99. The van der Waals surface area contributed by atoms with Gasteiger partial charge in [0.2, 0.25) is 0 Å². The van der Waals surface area contributed by atoms with Gasteiger partial charge in [-0.05, 0) is 38.3 Å². The van der Waals surface area contributed by atoms with Crippen molar-refractivity contribution >= 4 is 17.2 Å². The van der Waals surface area contributed by atoms with Crippen molar-refractivity contribution in [1.29, 1.82) is 0 Å². The first-order chi connectivity index (χ1) is 8.93. The molecule has 1 fully saturated rings. The Hall–Kier alpha value is -1.00. The predicted molar refractivity (Wildman–Crippen MR) is 80.5 cm³/mol. The van der Waals surface area contributed by atoms with Crippen molar-refractivity contribution in [2.75, 3.05) is 13.6 Å². The smallest absolute Gasteiger partial charge is 0.127 e. The second-order valence-corrected chi connectivity index (χ2v) is 6.28. The molecule has 0 aliphatic heterocycles. The number of hydrogen-bond acceptors (Lipinski definition) is 2. The molecular formula is C15H21FN2S. The van der Waals surface area contributed by atoms with Crippen LogP contribution in [-0.4, -0.2) is 23.5 Å². The third-order valence-electron chi connectivity index (χ3n) is 4.11. The lowest BCUT2D eigenvalue weighted by molar-refractivity contribution is 0.208. The Labute approximate surface area is 119 Å². The molecule has 1 aliphatic rings. The molecular weight excluding hydrogens is 259 g/mol. The zero-order chi connectivity index (χ0) is 14.0. The lowest BCUT2D eigenvalue weighted by Gasteiger charge is -2.29. The monoisotopic (exact) mass is 280 g/mol. The van der Waals surface area contributed by atoms with Crippen molar-refractivity contribution in [2.45, 2.75) is 32.2 Å². The second kappa shape index (κ2) is 5.55. The zero-order valence-corrected chi connectivity index (χ0v) is 12.3. The topological polar surface area (TPSA) is 29.3 Å². The van der Waals surface area contributed by atoms with E-state index in [1.807, 2.05) is 26.1 Å². The quantitative estimate of drug-likeness (QED) is 0.811. The number of nitrogens with two attached hydrogens (primary N) is 1. The van der Waals surface area contributed by atoms with Crippen LogP contribution in [0, 0.1) is 11.2 Å². The molecule has 0 aromatic heterocycles. The predicted octanol–water partition coefficient (Wildman–Crippen LogP) is 3.27. The van der Waals surface area contributed by atoms with Crippen molar-refractivity contribution in [3.63, 3.8) is 0 Å². The van der Waals surface area contributed by atoms with E-state index in [2.05, 4.69) is 4.90 Å². The van der Waals surface area contributed by atoms with Crippen molar-refractivity contribution < 1.29 is 4.39 Å². The first-order valence-electron chi connectivity index (χ1n) is 6.66. The summed E-state index contributed by atoms with van der Waals surface area (Å²) in [7, 11) is 2.04. The van der Waals surface area contributed by atoms with E-state index in [9.17, 15) is 4.39 Å². The first-order valence-corrected chi connectivity index (χ1v) is 7.07. The van der Waals surface area contributed by atoms with Crippen molar-refractivity contribution in [2.24, 2.45) is 11.1 Å². The number of nitrogens with zero attached hydrogens (tertiary/aromatic N) is 1. The summed E-state index contributed by atoms with van der Waals surface area (Å²) in [5.41, 5.74) is 6.64. The fraction of sp³-hybridized carbons (Fsp3) is 0.533. The van der Waals surface area contributed by atoms with Crippen LogP contribution in [0.5, 0.6) is 0 Å². The number of halogens is 1. The molecule has 0 heterocycles. The summed E-state index contributed by atoms with van der Waals surface area (Å²) in [5, 5.41) is 0. The molecule has 1 aromatic carbocycles. The normalized spacial score (nSPS) is 18.3. The van der Waals surface area contributed by atoms with Gasteiger partial charge < -0.3 is 5.73 Å². The van der Waals surface area contributed by atoms with E-state index in [1.165, 1.54) is 18.9 Å². The molecule has 0 bridgehead atoms. The summed E-state index contributed by atoms with van der Waals surface area (Å²) < 4.78 is 13.8. The highest BCUT2D eigenvalue weighted by Crippen LogP contribution is 2.50. The van der Waals surface area contributed by atoms with E-state index in [0.717, 1.165) is 18.5 Å². The summed E-state index contributed by atoms with van der Waals surface area (Å²) in [6, 6.07) is 7.03. The van der Waals surface area contributed by atoms with E-state index in [1.54, 1.807) is 6.07 Å². The fourth-order valence-electron chi connectivity index (χ4n) is 2.65. The molecule has 4 heteroatoms. The van der Waals surface area contributed by atoms with Gasteiger partial charge in [0.05, 0.1) is 4.99 Å². The molecule has 1 aromatic rings. The Kier molecular flexibility index (Phi) is 4.21. The van der Waals surface area contributed by atoms with E-state index >= 15 is 0 Å². The SMILES string of the molecule is CC(c1ccccc1F)N(C)CC1(CC(N)=S)CC1. The summed E-state index contributed by atoms with van der Waals surface area (Å²) in [6.45, 7) is 2.95. The van der Waals surface area contributed by atoms with E-state index in [4.69, 9.17) is 18.0 Å². The minimum absolute atomic E-state index is 0.0602. The second-order valence-electron chi connectivity index (χ2n) is 5.76. The van der Waals surface area contributed by atoms with E-state index < -0.39 is 0 Å². The van der Waals surface area contributed by atoms with Crippen molar-refractivity contribution in [3.8, 4) is 0 Å². The Balaban J connectivity index is 2.02. The van der Waals surface area contributed by atoms with Gasteiger partial charge >= 0.3 is 0 Å². The van der Waals surface area contributed by atoms with Gasteiger partial charge in [-0.25, -0.2) is 4.39 Å². The number of hydrogen-bond donors (Lipinski definition) is 1. The van der Waals surface area contributed by atoms with Crippen LogP contribution in [0.15, 0.2) is 24.3 Å². The van der Waals surface area contributed by atoms with Gasteiger partial charge in [-0.3, -0.25) is 4.90 Å². The van der Waals surface area contributed by atoms with Crippen LogP contribution in [0.1, 0.15) is 37.8 Å². The van der Waals surface area contributed by atoms with Crippen LogP contribution in [0.2, 0.25) is 0 Å². The molecule has 104 valence electrons. The molecule has 1 unspecified atom stereocenters. The van der Waals surface area contributed by atoms with Crippen LogP contribution in [0.4, 0.5) is 4.39 Å². The number of benzene rings is 1. The molecule has 1 atom stereocenters. The maximum Gasteiger partial charge on any atom is 0.127 e. The maximum atomic E-state index is 13.8. The highest BCUT2D eigenvalue weighted by molar-refractivity contribution is 7.80. The first kappa shape index (κ1) is 14.4. The molecule has 2 rings (SSSR count). The fourth-order valence-corrected chi connectivity index (χ4v) is 2.96.